The summed E-state index contributed by atoms with van der Waals surface area (Å²) in [6, 6.07) is 0. The van der Waals surface area contributed by atoms with Gasteiger partial charge < -0.3 is 20.5 Å². The quantitative estimate of drug-likeness (QED) is 0.258. The molecule has 3 rings (SSSR count). The molecule has 3 unspecified atom stereocenters. The van der Waals surface area contributed by atoms with Gasteiger partial charge in [-0.05, 0) is 37.7 Å². The third kappa shape index (κ3) is 7.63. The van der Waals surface area contributed by atoms with Crippen molar-refractivity contribution in [3.8, 4) is 0 Å². The minimum Gasteiger partial charge on any atom is -0.394 e. The zero-order chi connectivity index (χ0) is 25.2. The first-order valence-corrected chi connectivity index (χ1v) is 12.1. The number of amides is 2. The van der Waals surface area contributed by atoms with Gasteiger partial charge >= 0.3 is 5.69 Å². The molecule has 190 valence electrons. The Morgan fingerprint density at radius 3 is 2.60 bits per heavy atom. The van der Waals surface area contributed by atoms with Crippen molar-refractivity contribution in [3.63, 3.8) is 0 Å². The zero-order valence-corrected chi connectivity index (χ0v) is 20.0. The van der Waals surface area contributed by atoms with Crippen LogP contribution in [0.5, 0.6) is 0 Å². The summed E-state index contributed by atoms with van der Waals surface area (Å²) >= 11 is 0. The van der Waals surface area contributed by atoms with Crippen LogP contribution in [0.4, 0.5) is 0 Å². The van der Waals surface area contributed by atoms with E-state index in [2.05, 4.69) is 15.6 Å². The number of carbonyl (C=O) groups is 2. The molecule has 0 radical (unpaired) electrons. The predicted molar refractivity (Wildman–Crippen MR) is 131 cm³/mol. The highest BCUT2D eigenvalue weighted by atomic mass is 16.5. The first kappa shape index (κ1) is 26.4. The second kappa shape index (κ2) is 13.0. The lowest BCUT2D eigenvalue weighted by Crippen LogP contribution is -2.33. The van der Waals surface area contributed by atoms with Gasteiger partial charge in [-0.2, -0.15) is 0 Å². The number of carbonyl (C=O) groups excluding carboxylic acids is 2. The van der Waals surface area contributed by atoms with Gasteiger partial charge in [0.05, 0.1) is 18.3 Å². The normalized spacial score (nSPS) is 21.4. The molecule has 1 fully saturated rings. The summed E-state index contributed by atoms with van der Waals surface area (Å²) in [4.78, 5) is 50.6. The van der Waals surface area contributed by atoms with E-state index in [0.717, 1.165) is 31.3 Å². The molecule has 35 heavy (non-hydrogen) atoms. The molecular weight excluding hydrogens is 452 g/mol. The van der Waals surface area contributed by atoms with Crippen molar-refractivity contribution in [2.75, 3.05) is 19.7 Å². The van der Waals surface area contributed by atoms with Crippen LogP contribution in [-0.2, 0) is 14.3 Å². The summed E-state index contributed by atoms with van der Waals surface area (Å²) < 4.78 is 6.99. The maximum Gasteiger partial charge on any atom is 0.330 e. The van der Waals surface area contributed by atoms with Gasteiger partial charge in [0.25, 0.3) is 5.56 Å². The molecule has 1 aliphatic carbocycles. The fourth-order valence-electron chi connectivity index (χ4n) is 4.07. The van der Waals surface area contributed by atoms with E-state index in [4.69, 9.17) is 4.74 Å². The molecule has 0 bridgehead atoms. The molecule has 4 N–H and O–H groups in total. The number of H-pyrrole nitrogens is 1. The number of aromatic amines is 1. The number of rotatable bonds is 12. The molecular formula is C25H34N4O6. The summed E-state index contributed by atoms with van der Waals surface area (Å²) in [5, 5.41) is 15.1. The van der Waals surface area contributed by atoms with Gasteiger partial charge in [-0.25, -0.2) is 4.79 Å². The number of ether oxygens (including phenoxy) is 1. The van der Waals surface area contributed by atoms with Crippen LogP contribution in [0, 0.1) is 5.92 Å². The van der Waals surface area contributed by atoms with Gasteiger partial charge in [-0.3, -0.25) is 23.9 Å². The lowest BCUT2D eigenvalue weighted by atomic mass is 10.0. The van der Waals surface area contributed by atoms with Gasteiger partial charge in [0.15, 0.2) is 0 Å². The molecule has 0 saturated carbocycles. The number of allylic oxidation sites excluding steroid dienone is 3. The van der Waals surface area contributed by atoms with E-state index >= 15 is 0 Å². The van der Waals surface area contributed by atoms with Crippen LogP contribution in [-0.4, -0.2) is 52.3 Å². The van der Waals surface area contributed by atoms with Crippen LogP contribution in [0.15, 0.2) is 45.7 Å². The molecule has 1 aromatic rings. The average Bonchev–Trinajstić information content (AvgIpc) is 3.50. The Kier molecular flexibility index (Phi) is 9.80. The molecule has 1 saturated heterocycles. The Morgan fingerprint density at radius 2 is 1.94 bits per heavy atom. The molecule has 2 heterocycles. The number of nitrogens with one attached hydrogen (secondary N) is 3. The average molecular weight is 487 g/mol. The lowest BCUT2D eigenvalue weighted by molar-refractivity contribution is -0.118. The number of nitrogens with zero attached hydrogens (tertiary/aromatic N) is 1. The van der Waals surface area contributed by atoms with Gasteiger partial charge in [0, 0.05) is 30.9 Å². The Hall–Kier alpha value is -3.24. The highest BCUT2D eigenvalue weighted by Gasteiger charge is 2.33. The third-order valence-corrected chi connectivity index (χ3v) is 6.19. The Bertz CT molecular complexity index is 1100. The summed E-state index contributed by atoms with van der Waals surface area (Å²) in [7, 11) is 0. The molecule has 3 atom stereocenters. The van der Waals surface area contributed by atoms with Crippen LogP contribution >= 0.6 is 0 Å². The summed E-state index contributed by atoms with van der Waals surface area (Å²) in [5.41, 5.74) is -0.236. The van der Waals surface area contributed by atoms with Crippen molar-refractivity contribution in [2.24, 2.45) is 5.92 Å². The van der Waals surface area contributed by atoms with Crippen molar-refractivity contribution >= 4 is 17.9 Å². The minimum atomic E-state index is -0.598. The zero-order valence-electron chi connectivity index (χ0n) is 20.0. The molecule has 1 aliphatic heterocycles. The smallest absolute Gasteiger partial charge is 0.330 e. The van der Waals surface area contributed by atoms with E-state index in [1.54, 1.807) is 0 Å². The number of unbranched alkanes of at least 4 members (excludes halogenated alkanes) is 3. The largest absolute Gasteiger partial charge is 0.394 e. The van der Waals surface area contributed by atoms with Gasteiger partial charge in [0.1, 0.15) is 6.23 Å². The van der Waals surface area contributed by atoms with E-state index < -0.39 is 17.5 Å². The van der Waals surface area contributed by atoms with Crippen LogP contribution < -0.4 is 21.9 Å². The fraction of sp³-hybridized carbons (Fsp3) is 0.520. The number of aliphatic hydroxyl groups excluding tert-OH is 1. The standard InChI is InChI=1S/C25H34N4O6/c1-17-14-22(35-20(17)16-30)29-15-19(24(33)28-25(29)34)10-11-21(31)26-12-6-2-3-7-13-27-23(32)18-8-4-5-9-18/h4-5,8,10-11,15,17,20,22,30H,2-3,6-7,9,12-14,16H2,1H3,(H,26,31)(H,27,32)(H,28,33,34)/b11-10+. The maximum absolute atomic E-state index is 12.2. The van der Waals surface area contributed by atoms with Crippen LogP contribution in [0.3, 0.4) is 0 Å². The van der Waals surface area contributed by atoms with Crippen LogP contribution in [0.2, 0.25) is 0 Å². The second-order valence-corrected chi connectivity index (χ2v) is 8.89. The third-order valence-electron chi connectivity index (χ3n) is 6.19. The van der Waals surface area contributed by atoms with Crippen LogP contribution in [0.25, 0.3) is 6.08 Å². The maximum atomic E-state index is 12.2. The van der Waals surface area contributed by atoms with Crippen LogP contribution in [0.1, 0.15) is 57.2 Å². The number of hydrogen-bond acceptors (Lipinski definition) is 6. The Balaban J connectivity index is 1.37. The topological polar surface area (TPSA) is 143 Å². The molecule has 2 amide bonds. The number of hydrogen-bond donors (Lipinski definition) is 4. The van der Waals surface area contributed by atoms with E-state index in [0.29, 0.717) is 25.9 Å². The van der Waals surface area contributed by atoms with E-state index in [1.165, 1.54) is 22.9 Å². The first-order valence-electron chi connectivity index (χ1n) is 12.1. The van der Waals surface area contributed by atoms with Crippen molar-refractivity contribution in [1.82, 2.24) is 20.2 Å². The van der Waals surface area contributed by atoms with Gasteiger partial charge in [0.2, 0.25) is 11.8 Å². The second-order valence-electron chi connectivity index (χ2n) is 8.89. The Morgan fingerprint density at radius 1 is 1.20 bits per heavy atom. The van der Waals surface area contributed by atoms with E-state index in [1.807, 2.05) is 25.2 Å². The number of aromatic nitrogens is 2. The number of aliphatic hydroxyl groups is 1. The SMILES string of the molecule is CC1CC(n2cc(/C=C/C(=O)NCCCCCCNC(=O)C3=CC=CC3)c(=O)[nH]c2=O)OC1CO. The first-order chi connectivity index (χ1) is 16.9. The van der Waals surface area contributed by atoms with Gasteiger partial charge in [-0.1, -0.05) is 38.0 Å². The van der Waals surface area contributed by atoms with Crippen molar-refractivity contribution in [2.45, 2.75) is 57.8 Å². The Labute approximate surface area is 203 Å². The highest BCUT2D eigenvalue weighted by molar-refractivity contribution is 5.94. The molecule has 2 aliphatic rings. The molecule has 10 nitrogen and oxygen atoms in total. The van der Waals surface area contributed by atoms with Crippen molar-refractivity contribution < 1.29 is 19.4 Å². The fourth-order valence-corrected chi connectivity index (χ4v) is 4.07. The van der Waals surface area contributed by atoms with E-state index in [-0.39, 0.29) is 36.0 Å². The molecule has 0 aromatic carbocycles. The molecule has 0 spiro atoms. The lowest BCUT2D eigenvalue weighted by Gasteiger charge is -2.15. The van der Waals surface area contributed by atoms with E-state index in [9.17, 15) is 24.3 Å². The molecule has 10 heteroatoms. The van der Waals surface area contributed by atoms with Crippen molar-refractivity contribution in [3.05, 3.63) is 62.5 Å². The van der Waals surface area contributed by atoms with Crippen molar-refractivity contribution in [1.29, 1.82) is 0 Å². The molecule has 1 aromatic heterocycles. The summed E-state index contributed by atoms with van der Waals surface area (Å²) in [6.45, 7) is 2.91. The summed E-state index contributed by atoms with van der Waals surface area (Å²) in [6.07, 6.45) is 13.5. The summed E-state index contributed by atoms with van der Waals surface area (Å²) in [5.74, 6) is -0.276. The highest BCUT2D eigenvalue weighted by Crippen LogP contribution is 2.31. The monoisotopic (exact) mass is 486 g/mol. The minimum absolute atomic E-state index is 0.0111. The predicted octanol–water partition coefficient (Wildman–Crippen LogP) is 1.14. The van der Waals surface area contributed by atoms with Gasteiger partial charge in [-0.15, -0.1) is 0 Å².